The fourth-order valence-electron chi connectivity index (χ4n) is 1.33. The molecule has 0 aromatic rings. The standard InChI is InChI=1S/C8H11NO3S2/c1-4(2)6(7(11)12)9-5(10)3-14-8(9)13/h4,6H,3H2,1-2H3,(H,11,12). The van der Waals surface area contributed by atoms with Crippen LogP contribution < -0.4 is 0 Å². The van der Waals surface area contributed by atoms with Gasteiger partial charge in [-0.2, -0.15) is 0 Å². The molecule has 1 N–H and O–H groups in total. The zero-order valence-corrected chi connectivity index (χ0v) is 9.52. The minimum atomic E-state index is -1.00. The van der Waals surface area contributed by atoms with Crippen molar-refractivity contribution in [3.63, 3.8) is 0 Å². The lowest BCUT2D eigenvalue weighted by Gasteiger charge is -2.26. The summed E-state index contributed by atoms with van der Waals surface area (Å²) in [7, 11) is 0. The summed E-state index contributed by atoms with van der Waals surface area (Å²) >= 11 is 6.16. The number of rotatable bonds is 3. The number of hydrogen-bond donors (Lipinski definition) is 1. The Kier molecular flexibility index (Phi) is 3.49. The Morgan fingerprint density at radius 1 is 1.64 bits per heavy atom. The molecule has 6 heteroatoms. The van der Waals surface area contributed by atoms with Gasteiger partial charge in [0.05, 0.1) is 5.75 Å². The molecule has 0 bridgehead atoms. The minimum absolute atomic E-state index is 0.145. The van der Waals surface area contributed by atoms with Crippen LogP contribution in [0.15, 0.2) is 0 Å². The van der Waals surface area contributed by atoms with Gasteiger partial charge in [-0.3, -0.25) is 9.69 Å². The van der Waals surface area contributed by atoms with E-state index in [0.717, 1.165) is 0 Å². The van der Waals surface area contributed by atoms with Crippen LogP contribution in [-0.4, -0.2) is 38.0 Å². The van der Waals surface area contributed by atoms with E-state index < -0.39 is 12.0 Å². The molecule has 0 saturated carbocycles. The van der Waals surface area contributed by atoms with E-state index in [1.54, 1.807) is 13.8 Å². The molecule has 1 atom stereocenters. The summed E-state index contributed by atoms with van der Waals surface area (Å²) in [6.07, 6.45) is 0. The monoisotopic (exact) mass is 233 g/mol. The third kappa shape index (κ3) is 2.06. The first-order valence-corrected chi connectivity index (χ1v) is 5.56. The summed E-state index contributed by atoms with van der Waals surface area (Å²) in [4.78, 5) is 23.6. The van der Waals surface area contributed by atoms with Gasteiger partial charge in [-0.25, -0.2) is 4.79 Å². The molecule has 0 aromatic heterocycles. The molecule has 1 rings (SSSR count). The highest BCUT2D eigenvalue weighted by atomic mass is 32.2. The Morgan fingerprint density at radius 3 is 2.50 bits per heavy atom. The zero-order chi connectivity index (χ0) is 10.9. The number of thiocarbonyl (C=S) groups is 1. The third-order valence-electron chi connectivity index (χ3n) is 1.95. The first kappa shape index (κ1) is 11.5. The minimum Gasteiger partial charge on any atom is -0.480 e. The summed E-state index contributed by atoms with van der Waals surface area (Å²) in [5, 5.41) is 8.98. The Labute approximate surface area is 91.6 Å². The zero-order valence-electron chi connectivity index (χ0n) is 7.89. The van der Waals surface area contributed by atoms with Crippen molar-refractivity contribution in [2.75, 3.05) is 5.75 Å². The van der Waals surface area contributed by atoms with Gasteiger partial charge in [-0.1, -0.05) is 37.8 Å². The third-order valence-corrected chi connectivity index (χ3v) is 3.33. The van der Waals surface area contributed by atoms with Crippen LogP contribution in [0.25, 0.3) is 0 Å². The second-order valence-electron chi connectivity index (χ2n) is 3.35. The summed E-state index contributed by atoms with van der Waals surface area (Å²) in [5.74, 6) is -1.09. The topological polar surface area (TPSA) is 57.6 Å². The number of nitrogens with zero attached hydrogens (tertiary/aromatic N) is 1. The highest BCUT2D eigenvalue weighted by Gasteiger charge is 2.38. The van der Waals surface area contributed by atoms with Crippen molar-refractivity contribution in [2.24, 2.45) is 5.92 Å². The van der Waals surface area contributed by atoms with Crippen molar-refractivity contribution < 1.29 is 14.7 Å². The predicted octanol–water partition coefficient (Wildman–Crippen LogP) is 0.956. The van der Waals surface area contributed by atoms with Crippen molar-refractivity contribution >= 4 is 40.2 Å². The van der Waals surface area contributed by atoms with Crippen LogP contribution in [-0.2, 0) is 9.59 Å². The lowest BCUT2D eigenvalue weighted by molar-refractivity contribution is -0.147. The van der Waals surface area contributed by atoms with E-state index in [9.17, 15) is 9.59 Å². The van der Waals surface area contributed by atoms with Gasteiger partial charge in [0.1, 0.15) is 10.4 Å². The molecule has 1 fully saturated rings. The molecule has 1 heterocycles. The smallest absolute Gasteiger partial charge is 0.327 e. The molecule has 1 amide bonds. The number of carboxylic acid groups (broad SMARTS) is 1. The summed E-state index contributed by atoms with van der Waals surface area (Å²) in [6, 6.07) is -0.829. The van der Waals surface area contributed by atoms with Gasteiger partial charge in [-0.05, 0) is 5.92 Å². The molecule has 0 radical (unpaired) electrons. The lowest BCUT2D eigenvalue weighted by Crippen LogP contribution is -2.47. The number of aliphatic carboxylic acids is 1. The van der Waals surface area contributed by atoms with Gasteiger partial charge in [0.2, 0.25) is 5.91 Å². The van der Waals surface area contributed by atoms with Crippen LogP contribution in [0.2, 0.25) is 0 Å². The van der Waals surface area contributed by atoms with E-state index in [1.165, 1.54) is 16.7 Å². The highest BCUT2D eigenvalue weighted by molar-refractivity contribution is 8.23. The van der Waals surface area contributed by atoms with Crippen LogP contribution in [0.4, 0.5) is 0 Å². The summed E-state index contributed by atoms with van der Waals surface area (Å²) in [5.41, 5.74) is 0. The molecule has 1 unspecified atom stereocenters. The molecular formula is C8H11NO3S2. The Bertz CT molecular complexity index is 274. The first-order chi connectivity index (χ1) is 6.45. The van der Waals surface area contributed by atoms with Crippen LogP contribution in [0, 0.1) is 5.92 Å². The van der Waals surface area contributed by atoms with Gasteiger partial charge in [0.25, 0.3) is 0 Å². The maximum Gasteiger partial charge on any atom is 0.327 e. The SMILES string of the molecule is CC(C)C(C(=O)O)N1C(=O)CSC1=S. The fourth-order valence-corrected chi connectivity index (χ4v) is 2.46. The molecule has 1 aliphatic heterocycles. The molecule has 1 saturated heterocycles. The molecule has 4 nitrogen and oxygen atoms in total. The van der Waals surface area contributed by atoms with E-state index in [-0.39, 0.29) is 17.6 Å². The van der Waals surface area contributed by atoms with Crippen molar-refractivity contribution in [3.05, 3.63) is 0 Å². The quantitative estimate of drug-likeness (QED) is 0.736. The Morgan fingerprint density at radius 2 is 2.21 bits per heavy atom. The van der Waals surface area contributed by atoms with E-state index in [2.05, 4.69) is 0 Å². The van der Waals surface area contributed by atoms with E-state index in [0.29, 0.717) is 4.32 Å². The van der Waals surface area contributed by atoms with Gasteiger partial charge in [0.15, 0.2) is 0 Å². The van der Waals surface area contributed by atoms with E-state index in [1.807, 2.05) is 0 Å². The van der Waals surface area contributed by atoms with Crippen LogP contribution in [0.5, 0.6) is 0 Å². The largest absolute Gasteiger partial charge is 0.480 e. The van der Waals surface area contributed by atoms with Crippen molar-refractivity contribution in [1.29, 1.82) is 0 Å². The van der Waals surface area contributed by atoms with Gasteiger partial charge in [-0.15, -0.1) is 0 Å². The van der Waals surface area contributed by atoms with Crippen molar-refractivity contribution in [2.45, 2.75) is 19.9 Å². The number of carbonyl (C=O) groups excluding carboxylic acids is 1. The average molecular weight is 233 g/mol. The average Bonchev–Trinajstić information content (AvgIpc) is 2.34. The maximum atomic E-state index is 11.4. The molecule has 1 aliphatic rings. The number of thioether (sulfide) groups is 1. The Hall–Kier alpha value is -0.620. The van der Waals surface area contributed by atoms with Crippen molar-refractivity contribution in [3.8, 4) is 0 Å². The van der Waals surface area contributed by atoms with Gasteiger partial charge >= 0.3 is 5.97 Å². The van der Waals surface area contributed by atoms with Gasteiger partial charge in [0, 0.05) is 0 Å². The number of hydrogen-bond acceptors (Lipinski definition) is 4. The fraction of sp³-hybridized carbons (Fsp3) is 0.625. The molecule has 0 aliphatic carbocycles. The van der Waals surface area contributed by atoms with Gasteiger partial charge < -0.3 is 5.11 Å². The number of carbonyl (C=O) groups is 2. The number of carboxylic acids is 1. The first-order valence-electron chi connectivity index (χ1n) is 4.16. The second-order valence-corrected chi connectivity index (χ2v) is 4.95. The predicted molar refractivity (Wildman–Crippen MR) is 58.2 cm³/mol. The highest BCUT2D eigenvalue weighted by Crippen LogP contribution is 2.25. The maximum absolute atomic E-state index is 11.4. The molecule has 78 valence electrons. The van der Waals surface area contributed by atoms with Crippen LogP contribution >= 0.6 is 24.0 Å². The normalized spacial score (nSPS) is 19.2. The van der Waals surface area contributed by atoms with E-state index in [4.69, 9.17) is 17.3 Å². The molecular weight excluding hydrogens is 222 g/mol. The molecule has 0 aromatic carbocycles. The van der Waals surface area contributed by atoms with Crippen molar-refractivity contribution in [1.82, 2.24) is 4.90 Å². The van der Waals surface area contributed by atoms with Crippen LogP contribution in [0.3, 0.4) is 0 Å². The lowest BCUT2D eigenvalue weighted by atomic mass is 10.0. The second kappa shape index (κ2) is 4.27. The summed E-state index contributed by atoms with van der Waals surface area (Å²) < 4.78 is 0.371. The Balaban J connectivity index is 2.92. The molecule has 14 heavy (non-hydrogen) atoms. The number of amides is 1. The van der Waals surface area contributed by atoms with Crippen LogP contribution in [0.1, 0.15) is 13.8 Å². The molecule has 0 spiro atoms. The summed E-state index contributed by atoms with van der Waals surface area (Å²) in [6.45, 7) is 3.52. The van der Waals surface area contributed by atoms with E-state index >= 15 is 0 Å².